The van der Waals surface area contributed by atoms with Crippen LogP contribution in [0.1, 0.15) is 20.3 Å². The summed E-state index contributed by atoms with van der Waals surface area (Å²) in [6.45, 7) is 3.70. The van der Waals surface area contributed by atoms with Crippen molar-refractivity contribution in [3.05, 3.63) is 30.3 Å². The molecule has 0 heterocycles. The second-order valence-electron chi connectivity index (χ2n) is 3.45. The Balaban J connectivity index is 2.64. The van der Waals surface area contributed by atoms with E-state index in [0.29, 0.717) is 12.2 Å². The van der Waals surface area contributed by atoms with Crippen LogP contribution in [0.2, 0.25) is 0 Å². The zero-order valence-electron chi connectivity index (χ0n) is 10.0. The molecule has 92 valence electrons. The van der Waals surface area contributed by atoms with E-state index in [1.165, 1.54) is 0 Å². The van der Waals surface area contributed by atoms with Gasteiger partial charge in [0.15, 0.2) is 5.92 Å². The summed E-state index contributed by atoms with van der Waals surface area (Å²) in [4.78, 5) is 23.2. The molecule has 0 saturated carbocycles. The largest absolute Gasteiger partial charge is 0.465 e. The van der Waals surface area contributed by atoms with Gasteiger partial charge in [0, 0.05) is 0 Å². The summed E-state index contributed by atoms with van der Waals surface area (Å²) < 4.78 is 9.91. The second-order valence-corrected chi connectivity index (χ2v) is 3.45. The van der Waals surface area contributed by atoms with Crippen LogP contribution in [0.4, 0.5) is 0 Å². The molecule has 0 saturated heterocycles. The average molecular weight is 236 g/mol. The van der Waals surface area contributed by atoms with Crippen molar-refractivity contribution in [2.45, 2.75) is 20.3 Å². The molecule has 0 aliphatic heterocycles. The first kappa shape index (κ1) is 13.2. The summed E-state index contributed by atoms with van der Waals surface area (Å²) in [6, 6.07) is 8.66. The van der Waals surface area contributed by atoms with E-state index in [9.17, 15) is 9.59 Å². The number of carbonyl (C=O) groups is 2. The van der Waals surface area contributed by atoms with Gasteiger partial charge in [-0.05, 0) is 25.5 Å². The van der Waals surface area contributed by atoms with Gasteiger partial charge in [-0.2, -0.15) is 0 Å². The fraction of sp³-hybridized carbons (Fsp3) is 0.385. The summed E-state index contributed by atoms with van der Waals surface area (Å²) >= 11 is 0. The molecule has 1 aromatic rings. The number of benzene rings is 1. The van der Waals surface area contributed by atoms with Gasteiger partial charge in [-0.15, -0.1) is 0 Å². The summed E-state index contributed by atoms with van der Waals surface area (Å²) in [5.41, 5.74) is 0. The lowest BCUT2D eigenvalue weighted by atomic mass is 10.1. The summed E-state index contributed by atoms with van der Waals surface area (Å²) in [7, 11) is 0. The lowest BCUT2D eigenvalue weighted by Gasteiger charge is -2.12. The third kappa shape index (κ3) is 3.90. The molecule has 4 nitrogen and oxygen atoms in total. The van der Waals surface area contributed by atoms with Crippen LogP contribution in [0.25, 0.3) is 0 Å². The predicted octanol–water partition coefficient (Wildman–Crippen LogP) is 2.18. The van der Waals surface area contributed by atoms with E-state index in [2.05, 4.69) is 0 Å². The molecule has 1 rings (SSSR count). The van der Waals surface area contributed by atoms with E-state index in [-0.39, 0.29) is 6.61 Å². The molecule has 0 radical (unpaired) electrons. The standard InChI is InChI=1S/C13H16O4/c1-3-11(12(14)16-4-2)13(15)17-10-8-6-5-7-9-10/h5-9,11H,3-4H2,1-2H3. The Morgan fingerprint density at radius 1 is 1.12 bits per heavy atom. The van der Waals surface area contributed by atoms with Crippen LogP contribution in [-0.4, -0.2) is 18.5 Å². The lowest BCUT2D eigenvalue weighted by Crippen LogP contribution is -2.29. The molecule has 0 aromatic heterocycles. The number of rotatable bonds is 5. The first-order valence-corrected chi connectivity index (χ1v) is 5.62. The Morgan fingerprint density at radius 3 is 2.29 bits per heavy atom. The molecule has 0 bridgehead atoms. The summed E-state index contributed by atoms with van der Waals surface area (Å²) in [5, 5.41) is 0. The van der Waals surface area contributed by atoms with Gasteiger partial charge in [0.1, 0.15) is 5.75 Å². The SMILES string of the molecule is CCOC(=O)C(CC)C(=O)Oc1ccccc1. The van der Waals surface area contributed by atoms with Gasteiger partial charge in [-0.25, -0.2) is 0 Å². The van der Waals surface area contributed by atoms with Crippen LogP contribution < -0.4 is 4.74 Å². The minimum absolute atomic E-state index is 0.258. The van der Waals surface area contributed by atoms with Crippen LogP contribution >= 0.6 is 0 Å². The van der Waals surface area contributed by atoms with Crippen LogP contribution in [0.3, 0.4) is 0 Å². The van der Waals surface area contributed by atoms with Crippen molar-refractivity contribution in [3.8, 4) is 5.75 Å². The Morgan fingerprint density at radius 2 is 1.76 bits per heavy atom. The Kier molecular flexibility index (Phi) is 5.20. The molecule has 17 heavy (non-hydrogen) atoms. The first-order valence-electron chi connectivity index (χ1n) is 5.62. The van der Waals surface area contributed by atoms with Gasteiger partial charge in [-0.3, -0.25) is 9.59 Å². The van der Waals surface area contributed by atoms with Crippen LogP contribution in [0.15, 0.2) is 30.3 Å². The van der Waals surface area contributed by atoms with Crippen molar-refractivity contribution in [2.75, 3.05) is 6.61 Å². The monoisotopic (exact) mass is 236 g/mol. The minimum atomic E-state index is -0.852. The Bertz CT molecular complexity index is 372. The molecule has 4 heteroatoms. The normalized spacial score (nSPS) is 11.6. The molecule has 0 N–H and O–H groups in total. The van der Waals surface area contributed by atoms with Crippen molar-refractivity contribution in [1.29, 1.82) is 0 Å². The first-order chi connectivity index (χ1) is 8.19. The zero-order valence-corrected chi connectivity index (χ0v) is 10.0. The third-order valence-corrected chi connectivity index (χ3v) is 2.23. The van der Waals surface area contributed by atoms with Crippen LogP contribution in [0, 0.1) is 5.92 Å². The van der Waals surface area contributed by atoms with Gasteiger partial charge in [-0.1, -0.05) is 25.1 Å². The quantitative estimate of drug-likeness (QED) is 0.446. The molecular weight excluding hydrogens is 220 g/mol. The van der Waals surface area contributed by atoms with Crippen LogP contribution in [0.5, 0.6) is 5.75 Å². The van der Waals surface area contributed by atoms with Crippen molar-refractivity contribution < 1.29 is 19.1 Å². The molecule has 1 unspecified atom stereocenters. The highest BCUT2D eigenvalue weighted by atomic mass is 16.6. The molecular formula is C13H16O4. The average Bonchev–Trinajstić information content (AvgIpc) is 2.31. The maximum absolute atomic E-state index is 11.7. The summed E-state index contributed by atoms with van der Waals surface area (Å²) in [5.74, 6) is -1.52. The van der Waals surface area contributed by atoms with E-state index in [4.69, 9.17) is 9.47 Å². The smallest absolute Gasteiger partial charge is 0.325 e. The third-order valence-electron chi connectivity index (χ3n) is 2.23. The fourth-order valence-corrected chi connectivity index (χ4v) is 1.35. The van der Waals surface area contributed by atoms with Gasteiger partial charge in [0.25, 0.3) is 0 Å². The van der Waals surface area contributed by atoms with Gasteiger partial charge in [0.2, 0.25) is 0 Å². The highest BCUT2D eigenvalue weighted by molar-refractivity contribution is 5.95. The van der Waals surface area contributed by atoms with Gasteiger partial charge < -0.3 is 9.47 Å². The van der Waals surface area contributed by atoms with Crippen LogP contribution in [-0.2, 0) is 14.3 Å². The Labute approximate surface area is 101 Å². The van der Waals surface area contributed by atoms with Crippen molar-refractivity contribution in [3.63, 3.8) is 0 Å². The van der Waals surface area contributed by atoms with Crippen molar-refractivity contribution in [1.82, 2.24) is 0 Å². The predicted molar refractivity (Wildman–Crippen MR) is 62.5 cm³/mol. The second kappa shape index (κ2) is 6.68. The van der Waals surface area contributed by atoms with E-state index < -0.39 is 17.9 Å². The van der Waals surface area contributed by atoms with Crippen molar-refractivity contribution >= 4 is 11.9 Å². The minimum Gasteiger partial charge on any atom is -0.465 e. The fourth-order valence-electron chi connectivity index (χ4n) is 1.35. The number of para-hydroxylation sites is 1. The maximum atomic E-state index is 11.7. The van der Waals surface area contributed by atoms with Gasteiger partial charge in [0.05, 0.1) is 6.61 Å². The van der Waals surface area contributed by atoms with E-state index in [1.807, 2.05) is 6.07 Å². The number of carbonyl (C=O) groups excluding carboxylic acids is 2. The van der Waals surface area contributed by atoms with Gasteiger partial charge >= 0.3 is 11.9 Å². The molecule has 1 aromatic carbocycles. The molecule has 0 fully saturated rings. The topological polar surface area (TPSA) is 52.6 Å². The molecule has 1 atom stereocenters. The molecule has 0 spiro atoms. The number of hydrogen-bond donors (Lipinski definition) is 0. The zero-order chi connectivity index (χ0) is 12.7. The Hall–Kier alpha value is -1.84. The van der Waals surface area contributed by atoms with Crippen molar-refractivity contribution in [2.24, 2.45) is 5.92 Å². The highest BCUT2D eigenvalue weighted by Gasteiger charge is 2.28. The maximum Gasteiger partial charge on any atom is 0.325 e. The van der Waals surface area contributed by atoms with E-state index in [1.54, 1.807) is 38.1 Å². The summed E-state index contributed by atoms with van der Waals surface area (Å²) in [6.07, 6.45) is 0.366. The number of hydrogen-bond acceptors (Lipinski definition) is 4. The van der Waals surface area contributed by atoms with E-state index >= 15 is 0 Å². The highest BCUT2D eigenvalue weighted by Crippen LogP contribution is 2.14. The molecule has 0 aliphatic rings. The molecule has 0 aliphatic carbocycles. The molecule has 0 amide bonds. The number of esters is 2. The lowest BCUT2D eigenvalue weighted by molar-refractivity contribution is -0.157. The number of ether oxygens (including phenoxy) is 2. The van der Waals surface area contributed by atoms with E-state index in [0.717, 1.165) is 0 Å².